The molecule has 0 unspecified atom stereocenters. The van der Waals surface area contributed by atoms with Gasteiger partial charge < -0.3 is 15.3 Å². The van der Waals surface area contributed by atoms with E-state index in [0.717, 1.165) is 16.8 Å². The molecule has 27 heavy (non-hydrogen) atoms. The predicted molar refractivity (Wildman–Crippen MR) is 107 cm³/mol. The number of fused-ring (bicyclic) bond motifs is 1. The van der Waals surface area contributed by atoms with Gasteiger partial charge in [0.1, 0.15) is 11.3 Å². The van der Waals surface area contributed by atoms with Crippen molar-refractivity contribution in [1.82, 2.24) is 4.57 Å². The van der Waals surface area contributed by atoms with Crippen molar-refractivity contribution in [2.75, 3.05) is 0 Å². The van der Waals surface area contributed by atoms with Crippen molar-refractivity contribution in [3.8, 4) is 17.3 Å². The first-order valence-electron chi connectivity index (χ1n) is 7.82. The van der Waals surface area contributed by atoms with Crippen molar-refractivity contribution >= 4 is 53.1 Å². The molecule has 0 saturated heterocycles. The van der Waals surface area contributed by atoms with Gasteiger partial charge in [-0.05, 0) is 36.5 Å². The van der Waals surface area contributed by atoms with Crippen molar-refractivity contribution in [2.24, 2.45) is 4.99 Å². The van der Waals surface area contributed by atoms with Crippen LogP contribution in [-0.2, 0) is 0 Å². The maximum atomic E-state index is 11.0. The second-order valence-electron chi connectivity index (χ2n) is 5.77. The molecule has 2 heterocycles. The van der Waals surface area contributed by atoms with Gasteiger partial charge in [-0.15, -0.1) is 11.3 Å². The van der Waals surface area contributed by atoms with Crippen LogP contribution in [0.25, 0.3) is 17.3 Å². The zero-order valence-electron chi connectivity index (χ0n) is 13.7. The molecule has 0 spiro atoms. The number of carbonyl (C=O) groups is 1. The van der Waals surface area contributed by atoms with Crippen LogP contribution in [0, 0.1) is 3.95 Å². The third kappa shape index (κ3) is 2.94. The molecule has 2 aromatic carbocycles. The summed E-state index contributed by atoms with van der Waals surface area (Å²) in [6, 6.07) is 11.7. The van der Waals surface area contributed by atoms with Crippen molar-refractivity contribution in [3.63, 3.8) is 0 Å². The van der Waals surface area contributed by atoms with E-state index in [-0.39, 0.29) is 11.4 Å². The van der Waals surface area contributed by atoms with Gasteiger partial charge in [0.2, 0.25) is 5.88 Å². The number of benzene rings is 2. The van der Waals surface area contributed by atoms with Crippen molar-refractivity contribution in [2.45, 2.75) is 0 Å². The third-order valence-corrected chi connectivity index (χ3v) is 5.44. The van der Waals surface area contributed by atoms with Crippen molar-refractivity contribution < 1.29 is 20.1 Å². The Morgan fingerprint density at radius 1 is 1.19 bits per heavy atom. The first-order chi connectivity index (χ1) is 13.0. The minimum atomic E-state index is -1.23. The maximum absolute atomic E-state index is 11.0. The number of carboxylic acid groups (broad SMARTS) is 1. The van der Waals surface area contributed by atoms with Gasteiger partial charge >= 0.3 is 5.97 Å². The SMILES string of the molecule is O=C(O)c1ccc(-n2c(O)c(C=C3C=Nc4ccccc43)sc2=S)cc1O. The monoisotopic (exact) mass is 396 g/mol. The normalized spacial score (nSPS) is 13.9. The molecule has 0 amide bonds. The Labute approximate surface area is 162 Å². The van der Waals surface area contributed by atoms with E-state index in [9.17, 15) is 15.0 Å². The van der Waals surface area contributed by atoms with Crippen LogP contribution in [0.1, 0.15) is 20.8 Å². The summed E-state index contributed by atoms with van der Waals surface area (Å²) in [6.45, 7) is 0. The molecule has 0 aliphatic carbocycles. The number of aliphatic imine (C=N–C) groups is 1. The molecule has 0 bridgehead atoms. The van der Waals surface area contributed by atoms with Gasteiger partial charge in [0, 0.05) is 23.4 Å². The lowest BCUT2D eigenvalue weighted by molar-refractivity contribution is 0.0694. The number of aromatic nitrogens is 1. The Morgan fingerprint density at radius 3 is 2.70 bits per heavy atom. The summed E-state index contributed by atoms with van der Waals surface area (Å²) in [5.41, 5.74) is 2.84. The average Bonchev–Trinajstić information content (AvgIpc) is 3.16. The van der Waals surface area contributed by atoms with Crippen LogP contribution in [0.15, 0.2) is 47.5 Å². The van der Waals surface area contributed by atoms with E-state index in [1.165, 1.54) is 34.1 Å². The van der Waals surface area contributed by atoms with Gasteiger partial charge in [0.05, 0.1) is 16.3 Å². The lowest BCUT2D eigenvalue weighted by atomic mass is 10.1. The number of rotatable bonds is 3. The second-order valence-corrected chi connectivity index (χ2v) is 7.45. The molecule has 0 saturated carbocycles. The van der Waals surface area contributed by atoms with E-state index in [4.69, 9.17) is 17.3 Å². The minimum Gasteiger partial charge on any atom is -0.507 e. The van der Waals surface area contributed by atoms with E-state index >= 15 is 0 Å². The lowest BCUT2D eigenvalue weighted by Gasteiger charge is -2.07. The molecular formula is C19H12N2O4S2. The molecule has 3 N–H and O–H groups in total. The number of para-hydroxylation sites is 1. The fourth-order valence-corrected chi connectivity index (χ4v) is 4.14. The molecule has 4 rings (SSSR count). The van der Waals surface area contributed by atoms with Crippen LogP contribution in [-0.4, -0.2) is 32.1 Å². The summed E-state index contributed by atoms with van der Waals surface area (Å²) >= 11 is 6.55. The van der Waals surface area contributed by atoms with Gasteiger partial charge in [0.15, 0.2) is 3.95 Å². The van der Waals surface area contributed by atoms with Gasteiger partial charge in [-0.3, -0.25) is 9.56 Å². The molecule has 0 radical (unpaired) electrons. The average molecular weight is 396 g/mol. The van der Waals surface area contributed by atoms with E-state index in [0.29, 0.717) is 14.5 Å². The Hall–Kier alpha value is -3.23. The highest BCUT2D eigenvalue weighted by Crippen LogP contribution is 2.37. The van der Waals surface area contributed by atoms with Gasteiger partial charge in [0.25, 0.3) is 0 Å². The van der Waals surface area contributed by atoms with Crippen LogP contribution in [0.5, 0.6) is 11.6 Å². The Kier molecular flexibility index (Phi) is 4.14. The molecule has 3 aromatic rings. The fraction of sp³-hybridized carbons (Fsp3) is 0. The summed E-state index contributed by atoms with van der Waals surface area (Å²) in [6.07, 6.45) is 3.53. The molecule has 6 nitrogen and oxygen atoms in total. The van der Waals surface area contributed by atoms with Crippen LogP contribution in [0.2, 0.25) is 0 Å². The fourth-order valence-electron chi connectivity index (χ4n) is 2.84. The van der Waals surface area contributed by atoms with Crippen LogP contribution in [0.3, 0.4) is 0 Å². The second kappa shape index (κ2) is 6.49. The molecular weight excluding hydrogens is 384 g/mol. The Bertz CT molecular complexity index is 1200. The number of carboxylic acids is 1. The first-order valence-corrected chi connectivity index (χ1v) is 9.05. The molecule has 1 aromatic heterocycles. The summed E-state index contributed by atoms with van der Waals surface area (Å²) in [5.74, 6) is -1.72. The highest BCUT2D eigenvalue weighted by molar-refractivity contribution is 7.73. The Balaban J connectivity index is 1.79. The topological polar surface area (TPSA) is 95.0 Å². The lowest BCUT2D eigenvalue weighted by Crippen LogP contribution is -1.99. The molecule has 134 valence electrons. The number of thiazole rings is 1. The predicted octanol–water partition coefficient (Wildman–Crippen LogP) is 4.63. The number of allylic oxidation sites excluding steroid dienone is 1. The summed E-state index contributed by atoms with van der Waals surface area (Å²) in [7, 11) is 0. The Morgan fingerprint density at radius 2 is 1.96 bits per heavy atom. The van der Waals surface area contributed by atoms with Crippen LogP contribution >= 0.6 is 23.6 Å². The standard InChI is InChI=1S/C19H12N2O4S2/c22-15-8-11(5-6-13(15)18(24)25)21-17(23)16(27-19(21)26)7-10-9-20-14-4-2-1-3-12(10)14/h1-9,22-23H,(H,24,25). The number of phenols is 1. The van der Waals surface area contributed by atoms with Crippen LogP contribution in [0.4, 0.5) is 5.69 Å². The number of hydrogen-bond donors (Lipinski definition) is 3. The maximum Gasteiger partial charge on any atom is 0.339 e. The highest BCUT2D eigenvalue weighted by Gasteiger charge is 2.17. The zero-order valence-corrected chi connectivity index (χ0v) is 15.3. The van der Waals surface area contributed by atoms with Crippen molar-refractivity contribution in [3.05, 3.63) is 62.4 Å². The first kappa shape index (κ1) is 17.2. The van der Waals surface area contributed by atoms with E-state index in [2.05, 4.69) is 4.99 Å². The molecule has 1 aliphatic heterocycles. The molecule has 8 heteroatoms. The van der Waals surface area contributed by atoms with Crippen molar-refractivity contribution in [1.29, 1.82) is 0 Å². The van der Waals surface area contributed by atoms with Gasteiger partial charge in [-0.1, -0.05) is 18.2 Å². The number of aromatic hydroxyl groups is 2. The largest absolute Gasteiger partial charge is 0.507 e. The number of hydrogen-bond acceptors (Lipinski definition) is 6. The van der Waals surface area contributed by atoms with Gasteiger partial charge in [-0.25, -0.2) is 4.79 Å². The summed E-state index contributed by atoms with van der Waals surface area (Å²) in [5, 5.41) is 29.6. The van der Waals surface area contributed by atoms with Gasteiger partial charge in [-0.2, -0.15) is 0 Å². The summed E-state index contributed by atoms with van der Waals surface area (Å²) < 4.78 is 1.75. The third-order valence-electron chi connectivity index (χ3n) is 4.13. The highest BCUT2D eigenvalue weighted by atomic mass is 32.1. The van der Waals surface area contributed by atoms with E-state index in [1.54, 1.807) is 12.3 Å². The molecule has 1 aliphatic rings. The number of nitrogens with zero attached hydrogens (tertiary/aromatic N) is 2. The molecule has 0 fully saturated rings. The smallest absolute Gasteiger partial charge is 0.339 e. The molecule has 0 atom stereocenters. The number of aromatic carboxylic acids is 1. The minimum absolute atomic E-state index is 0.0854. The van der Waals surface area contributed by atoms with Crippen LogP contribution < -0.4 is 0 Å². The van der Waals surface area contributed by atoms with E-state index < -0.39 is 11.7 Å². The zero-order chi connectivity index (χ0) is 19.1. The quantitative estimate of drug-likeness (QED) is 0.561. The summed E-state index contributed by atoms with van der Waals surface area (Å²) in [4.78, 5) is 15.9. The van der Waals surface area contributed by atoms with E-state index in [1.807, 2.05) is 24.3 Å².